The summed E-state index contributed by atoms with van der Waals surface area (Å²) in [5.74, 6) is -17.8. The summed E-state index contributed by atoms with van der Waals surface area (Å²) in [5, 5.41) is 8.68. The fourth-order valence-corrected chi connectivity index (χ4v) is 1.64. The molecule has 0 fully saturated rings. The Balaban J connectivity index is 3.33. The first-order valence-electron chi connectivity index (χ1n) is 5.93. The minimum atomic E-state index is -6.91. The second-order valence-electron chi connectivity index (χ2n) is 4.61. The molecule has 0 aromatic carbocycles. The summed E-state index contributed by atoms with van der Waals surface area (Å²) in [6.45, 7) is 0. The van der Waals surface area contributed by atoms with Crippen molar-refractivity contribution in [1.29, 1.82) is 0 Å². The van der Waals surface area contributed by atoms with Gasteiger partial charge in [-0.25, -0.2) is 18.4 Å². The topological polar surface area (TPSA) is 79.4 Å². The Morgan fingerprint density at radius 1 is 1.08 bits per heavy atom. The van der Waals surface area contributed by atoms with Crippen LogP contribution >= 0.6 is 0 Å². The van der Waals surface area contributed by atoms with Gasteiger partial charge in [0.05, 0.1) is 0 Å². The number of amides is 1. The van der Waals surface area contributed by atoms with Crippen LogP contribution in [-0.4, -0.2) is 50.6 Å². The number of nitroso groups, excluding NO2 is 1. The zero-order valence-electron chi connectivity index (χ0n) is 11.8. The van der Waals surface area contributed by atoms with Gasteiger partial charge >= 0.3 is 36.2 Å². The van der Waals surface area contributed by atoms with Gasteiger partial charge in [0.1, 0.15) is 5.69 Å². The molecule has 1 heterocycles. The van der Waals surface area contributed by atoms with Gasteiger partial charge in [-0.3, -0.25) is 0 Å². The SMILES string of the molecule is Cn1c(C(=O)O)ccc1C(=O)[N+](=O)C(F)(F)C(F)(F)C(F)(F)C(F)F. The third-order valence-corrected chi connectivity index (χ3v) is 3.07. The molecule has 0 aliphatic carbocycles. The van der Waals surface area contributed by atoms with E-state index < -0.39 is 52.3 Å². The molecule has 0 unspecified atom stereocenters. The second-order valence-corrected chi connectivity index (χ2v) is 4.61. The van der Waals surface area contributed by atoms with Crippen LogP contribution in [0.5, 0.6) is 0 Å². The Kier molecular flexibility index (Phi) is 4.98. The number of hydrogen-bond donors (Lipinski definition) is 1. The highest BCUT2D eigenvalue weighted by atomic mass is 19.4. The Hall–Kier alpha value is -2.54. The van der Waals surface area contributed by atoms with E-state index in [1.165, 1.54) is 0 Å². The number of carboxylic acid groups (broad SMARTS) is 1. The number of alkyl halides is 8. The lowest BCUT2D eigenvalue weighted by Crippen LogP contribution is -2.62. The summed E-state index contributed by atoms with van der Waals surface area (Å²) in [7, 11) is 0.772. The minimum absolute atomic E-state index is 0.328. The number of aromatic nitrogens is 1. The molecule has 1 amide bonds. The molecule has 1 N–H and O–H groups in total. The summed E-state index contributed by atoms with van der Waals surface area (Å²) in [6, 6.07) is -5.46. The molecule has 25 heavy (non-hydrogen) atoms. The van der Waals surface area contributed by atoms with Crippen molar-refractivity contribution in [1.82, 2.24) is 4.57 Å². The number of nitrogens with zero attached hydrogens (tertiary/aromatic N) is 2. The molecule has 0 aliphatic rings. The van der Waals surface area contributed by atoms with E-state index in [1.807, 2.05) is 0 Å². The van der Waals surface area contributed by atoms with E-state index in [1.54, 1.807) is 0 Å². The van der Waals surface area contributed by atoms with Crippen LogP contribution in [0.4, 0.5) is 35.1 Å². The van der Waals surface area contributed by atoms with E-state index in [4.69, 9.17) is 5.11 Å². The molecule has 0 saturated carbocycles. The first-order chi connectivity index (χ1) is 11.1. The molecule has 0 aliphatic heterocycles. The Morgan fingerprint density at radius 3 is 1.88 bits per heavy atom. The van der Waals surface area contributed by atoms with Crippen LogP contribution in [0, 0.1) is 4.91 Å². The number of aromatic carboxylic acids is 1. The smallest absolute Gasteiger partial charge is 0.477 e. The Labute approximate surface area is 132 Å². The van der Waals surface area contributed by atoms with Crippen LogP contribution in [0.15, 0.2) is 12.1 Å². The van der Waals surface area contributed by atoms with Crippen molar-refractivity contribution in [3.63, 3.8) is 0 Å². The minimum Gasteiger partial charge on any atom is -0.477 e. The molecule has 1 rings (SSSR count). The Bertz CT molecular complexity index is 728. The molecular weight excluding hydrogens is 376 g/mol. The highest BCUT2D eigenvalue weighted by Gasteiger charge is 2.85. The van der Waals surface area contributed by atoms with Crippen LogP contribution < -0.4 is 0 Å². The van der Waals surface area contributed by atoms with Crippen molar-refractivity contribution in [2.45, 2.75) is 24.3 Å². The highest BCUT2D eigenvalue weighted by molar-refractivity contribution is 5.91. The van der Waals surface area contributed by atoms with Gasteiger partial charge in [-0.2, -0.15) is 17.6 Å². The standard InChI is InChI=1S/C11H6F8N2O4/c1-20-4(2-3-5(20)7(23)24)6(22)21(25)11(18,19)10(16,17)9(14,15)8(12)13/h2-3,8H,1H3/p+1. The van der Waals surface area contributed by atoms with Crippen LogP contribution in [0.2, 0.25) is 0 Å². The van der Waals surface area contributed by atoms with Crippen LogP contribution in [0.1, 0.15) is 21.0 Å². The predicted octanol–water partition coefficient (Wildman–Crippen LogP) is 2.77. The van der Waals surface area contributed by atoms with Crippen LogP contribution in [-0.2, 0) is 7.05 Å². The molecule has 1 aromatic rings. The summed E-state index contributed by atoms with van der Waals surface area (Å²) < 4.78 is 100. The van der Waals surface area contributed by atoms with Crippen LogP contribution in [0.3, 0.4) is 0 Å². The number of carboxylic acids is 1. The van der Waals surface area contributed by atoms with E-state index >= 15 is 0 Å². The quantitative estimate of drug-likeness (QED) is 0.466. The third-order valence-electron chi connectivity index (χ3n) is 3.07. The fourth-order valence-electron chi connectivity index (χ4n) is 1.64. The maximum atomic E-state index is 13.4. The van der Waals surface area contributed by atoms with Crippen molar-refractivity contribution in [2.75, 3.05) is 0 Å². The van der Waals surface area contributed by atoms with Gasteiger partial charge in [-0.05, 0) is 12.1 Å². The summed E-state index contributed by atoms with van der Waals surface area (Å²) >= 11 is 0. The van der Waals surface area contributed by atoms with Gasteiger partial charge < -0.3 is 9.67 Å². The van der Waals surface area contributed by atoms with Crippen molar-refractivity contribution < 1.29 is 54.6 Å². The predicted molar refractivity (Wildman–Crippen MR) is 61.2 cm³/mol. The highest BCUT2D eigenvalue weighted by Crippen LogP contribution is 2.48. The number of hydrogen-bond acceptors (Lipinski definition) is 3. The number of carbonyl (C=O) groups excluding carboxylic acids is 1. The van der Waals surface area contributed by atoms with E-state index in [0.29, 0.717) is 16.7 Å². The van der Waals surface area contributed by atoms with Gasteiger partial charge in [-0.1, -0.05) is 0 Å². The summed E-state index contributed by atoms with van der Waals surface area (Å²) in [6.07, 6.45) is -5.26. The van der Waals surface area contributed by atoms with Crippen molar-refractivity contribution >= 4 is 11.9 Å². The lowest BCUT2D eigenvalue weighted by molar-refractivity contribution is -0.663. The zero-order chi connectivity index (χ0) is 20.0. The molecule has 0 radical (unpaired) electrons. The van der Waals surface area contributed by atoms with Crippen molar-refractivity contribution in [3.8, 4) is 0 Å². The average molecular weight is 383 g/mol. The zero-order valence-corrected chi connectivity index (χ0v) is 11.8. The van der Waals surface area contributed by atoms with E-state index in [0.717, 1.165) is 7.05 Å². The van der Waals surface area contributed by atoms with Gasteiger partial charge in [-0.15, -0.1) is 8.78 Å². The largest absolute Gasteiger partial charge is 0.582 e. The average Bonchev–Trinajstić information content (AvgIpc) is 2.86. The van der Waals surface area contributed by atoms with Crippen molar-refractivity contribution in [3.05, 3.63) is 28.4 Å². The molecule has 1 aromatic heterocycles. The maximum absolute atomic E-state index is 13.4. The number of rotatable bonds is 6. The molecule has 0 atom stereocenters. The first-order valence-corrected chi connectivity index (χ1v) is 5.93. The normalized spacial score (nSPS) is 13.2. The second kappa shape index (κ2) is 6.07. The molecule has 0 spiro atoms. The van der Waals surface area contributed by atoms with Gasteiger partial charge in [0.25, 0.3) is 0 Å². The van der Waals surface area contributed by atoms with E-state index in [-0.39, 0.29) is 0 Å². The molecule has 140 valence electrons. The van der Waals surface area contributed by atoms with Crippen LogP contribution in [0.25, 0.3) is 0 Å². The van der Waals surface area contributed by atoms with Crippen molar-refractivity contribution in [2.24, 2.45) is 7.05 Å². The number of halogens is 8. The number of carbonyl (C=O) groups is 2. The molecular formula is C11H7F8N2O4+. The molecule has 0 bridgehead atoms. The summed E-state index contributed by atoms with van der Waals surface area (Å²) in [4.78, 5) is 33.5. The first kappa shape index (κ1) is 20.5. The Morgan fingerprint density at radius 2 is 1.52 bits per heavy atom. The monoisotopic (exact) mass is 383 g/mol. The molecule has 14 heteroatoms. The van der Waals surface area contributed by atoms with E-state index in [9.17, 15) is 49.6 Å². The van der Waals surface area contributed by atoms with Gasteiger partial charge in [0.15, 0.2) is 10.5 Å². The lowest BCUT2D eigenvalue weighted by atomic mass is 10.1. The third kappa shape index (κ3) is 2.95. The molecule has 6 nitrogen and oxygen atoms in total. The fraction of sp³-hybridized carbons (Fsp3) is 0.455. The van der Waals surface area contributed by atoms with Gasteiger partial charge in [0, 0.05) is 12.0 Å². The molecule has 0 saturated heterocycles. The summed E-state index contributed by atoms with van der Waals surface area (Å²) in [5.41, 5.74) is -1.91. The maximum Gasteiger partial charge on any atom is 0.582 e. The van der Waals surface area contributed by atoms with E-state index in [2.05, 4.69) is 0 Å². The van der Waals surface area contributed by atoms with Gasteiger partial charge in [0.2, 0.25) is 0 Å². The lowest BCUT2D eigenvalue weighted by Gasteiger charge is -2.25.